The maximum atomic E-state index is 11.4. The van der Waals surface area contributed by atoms with Crippen LogP contribution in [0.2, 0.25) is 0 Å². The zero-order valence-electron chi connectivity index (χ0n) is 8.92. The van der Waals surface area contributed by atoms with Gasteiger partial charge in [0.25, 0.3) is 0 Å². The van der Waals surface area contributed by atoms with E-state index in [0.29, 0.717) is 5.69 Å². The molecule has 0 atom stereocenters. The molecule has 0 saturated heterocycles. The Bertz CT molecular complexity index is 393. The average Bonchev–Trinajstić information content (AvgIpc) is 2.26. The first-order valence-corrected chi connectivity index (χ1v) is 5.34. The standard InChI is InChI=1S/C11H13ClN2O2/c1-8-3-2-4-9(5-8)14-11(16)7-13-10(15)6-12/h2-5H,6-7H2,1H3,(H,13,15)(H,14,16). The van der Waals surface area contributed by atoms with Crippen molar-refractivity contribution in [1.82, 2.24) is 5.32 Å². The molecule has 1 rings (SSSR count). The first-order valence-electron chi connectivity index (χ1n) is 4.81. The highest BCUT2D eigenvalue weighted by Crippen LogP contribution is 2.08. The van der Waals surface area contributed by atoms with Gasteiger partial charge in [-0.2, -0.15) is 0 Å². The monoisotopic (exact) mass is 240 g/mol. The number of carbonyl (C=O) groups excluding carboxylic acids is 2. The Morgan fingerprint density at radius 3 is 2.69 bits per heavy atom. The van der Waals surface area contributed by atoms with Gasteiger partial charge in [0.05, 0.1) is 6.54 Å². The lowest BCUT2D eigenvalue weighted by atomic mass is 10.2. The molecule has 1 aromatic carbocycles. The molecule has 0 fully saturated rings. The van der Waals surface area contributed by atoms with Crippen LogP contribution in [0, 0.1) is 6.92 Å². The smallest absolute Gasteiger partial charge is 0.243 e. The second kappa shape index (κ2) is 6.12. The quantitative estimate of drug-likeness (QED) is 0.780. The van der Waals surface area contributed by atoms with Gasteiger partial charge in [-0.25, -0.2) is 0 Å². The molecule has 16 heavy (non-hydrogen) atoms. The zero-order chi connectivity index (χ0) is 12.0. The molecule has 0 heterocycles. The predicted octanol–water partition coefficient (Wildman–Crippen LogP) is 1.29. The summed E-state index contributed by atoms with van der Waals surface area (Å²) in [6.07, 6.45) is 0. The summed E-state index contributed by atoms with van der Waals surface area (Å²) in [5.74, 6) is -0.775. The van der Waals surface area contributed by atoms with Gasteiger partial charge in [-0.05, 0) is 24.6 Å². The van der Waals surface area contributed by atoms with E-state index in [1.807, 2.05) is 25.1 Å². The van der Waals surface area contributed by atoms with Gasteiger partial charge in [0.2, 0.25) is 11.8 Å². The number of carbonyl (C=O) groups is 2. The number of benzene rings is 1. The van der Waals surface area contributed by atoms with E-state index in [-0.39, 0.29) is 24.2 Å². The largest absolute Gasteiger partial charge is 0.346 e. The molecule has 0 aromatic heterocycles. The van der Waals surface area contributed by atoms with Crippen LogP contribution in [0.15, 0.2) is 24.3 Å². The Balaban J connectivity index is 2.43. The minimum absolute atomic E-state index is 0.0699. The minimum Gasteiger partial charge on any atom is -0.346 e. The van der Waals surface area contributed by atoms with Crippen LogP contribution in [-0.2, 0) is 9.59 Å². The first kappa shape index (κ1) is 12.5. The van der Waals surface area contributed by atoms with Crippen molar-refractivity contribution in [2.75, 3.05) is 17.7 Å². The van der Waals surface area contributed by atoms with Gasteiger partial charge in [0, 0.05) is 5.69 Å². The molecule has 2 amide bonds. The van der Waals surface area contributed by atoms with Crippen molar-refractivity contribution in [3.05, 3.63) is 29.8 Å². The molecular weight excluding hydrogens is 228 g/mol. The van der Waals surface area contributed by atoms with Crippen LogP contribution in [0.1, 0.15) is 5.56 Å². The fraction of sp³-hybridized carbons (Fsp3) is 0.273. The summed E-state index contributed by atoms with van der Waals surface area (Å²) in [6, 6.07) is 7.42. The van der Waals surface area contributed by atoms with E-state index in [1.165, 1.54) is 0 Å². The van der Waals surface area contributed by atoms with Gasteiger partial charge < -0.3 is 10.6 Å². The third-order valence-corrected chi connectivity index (χ3v) is 2.11. The van der Waals surface area contributed by atoms with Crippen molar-refractivity contribution in [2.24, 2.45) is 0 Å². The molecular formula is C11H13ClN2O2. The summed E-state index contributed by atoms with van der Waals surface area (Å²) in [7, 11) is 0. The van der Waals surface area contributed by atoms with Crippen LogP contribution >= 0.6 is 11.6 Å². The van der Waals surface area contributed by atoms with E-state index in [1.54, 1.807) is 6.07 Å². The van der Waals surface area contributed by atoms with E-state index in [0.717, 1.165) is 5.56 Å². The van der Waals surface area contributed by atoms with Crippen molar-refractivity contribution in [3.63, 3.8) is 0 Å². The second-order valence-electron chi connectivity index (χ2n) is 3.33. The Morgan fingerprint density at radius 2 is 2.06 bits per heavy atom. The second-order valence-corrected chi connectivity index (χ2v) is 3.60. The normalized spacial score (nSPS) is 9.62. The van der Waals surface area contributed by atoms with E-state index in [9.17, 15) is 9.59 Å². The summed E-state index contributed by atoms with van der Waals surface area (Å²) >= 11 is 5.27. The number of amides is 2. The summed E-state index contributed by atoms with van der Waals surface area (Å²) < 4.78 is 0. The Morgan fingerprint density at radius 1 is 1.31 bits per heavy atom. The molecule has 1 aromatic rings. The molecule has 0 saturated carbocycles. The number of hydrogen-bond acceptors (Lipinski definition) is 2. The van der Waals surface area contributed by atoms with Gasteiger partial charge in [-0.3, -0.25) is 9.59 Å². The van der Waals surface area contributed by atoms with Crippen LogP contribution < -0.4 is 10.6 Å². The highest BCUT2D eigenvalue weighted by Gasteiger charge is 2.04. The number of alkyl halides is 1. The zero-order valence-corrected chi connectivity index (χ0v) is 9.67. The van der Waals surface area contributed by atoms with Gasteiger partial charge in [0.15, 0.2) is 0 Å². The van der Waals surface area contributed by atoms with Crippen molar-refractivity contribution >= 4 is 29.1 Å². The molecule has 4 nitrogen and oxygen atoms in total. The number of nitrogens with one attached hydrogen (secondary N) is 2. The highest BCUT2D eigenvalue weighted by atomic mass is 35.5. The van der Waals surface area contributed by atoms with Crippen molar-refractivity contribution in [3.8, 4) is 0 Å². The van der Waals surface area contributed by atoms with Crippen molar-refractivity contribution in [2.45, 2.75) is 6.92 Å². The number of hydrogen-bond donors (Lipinski definition) is 2. The summed E-state index contributed by atoms with van der Waals surface area (Å²) in [5.41, 5.74) is 1.77. The fourth-order valence-electron chi connectivity index (χ4n) is 1.15. The van der Waals surface area contributed by atoms with E-state index in [4.69, 9.17) is 11.6 Å². The molecule has 2 N–H and O–H groups in total. The lowest BCUT2D eigenvalue weighted by molar-refractivity contribution is -0.122. The van der Waals surface area contributed by atoms with Gasteiger partial charge in [-0.15, -0.1) is 11.6 Å². The topological polar surface area (TPSA) is 58.2 Å². The molecule has 0 aliphatic carbocycles. The van der Waals surface area contributed by atoms with E-state index >= 15 is 0 Å². The predicted molar refractivity (Wildman–Crippen MR) is 63.5 cm³/mol. The highest BCUT2D eigenvalue weighted by molar-refractivity contribution is 6.27. The molecule has 0 aliphatic rings. The third kappa shape index (κ3) is 4.31. The molecule has 86 valence electrons. The third-order valence-electron chi connectivity index (χ3n) is 1.87. The summed E-state index contributed by atoms with van der Waals surface area (Å²) in [5, 5.41) is 5.05. The van der Waals surface area contributed by atoms with Crippen LogP contribution in [0.3, 0.4) is 0 Å². The van der Waals surface area contributed by atoms with E-state index in [2.05, 4.69) is 10.6 Å². The number of rotatable bonds is 4. The maximum Gasteiger partial charge on any atom is 0.243 e. The lowest BCUT2D eigenvalue weighted by Crippen LogP contribution is -2.33. The number of aryl methyl sites for hydroxylation is 1. The van der Waals surface area contributed by atoms with Crippen molar-refractivity contribution < 1.29 is 9.59 Å². The van der Waals surface area contributed by atoms with Crippen LogP contribution in [0.5, 0.6) is 0 Å². The molecule has 0 bridgehead atoms. The Hall–Kier alpha value is -1.55. The van der Waals surface area contributed by atoms with Crippen LogP contribution in [0.25, 0.3) is 0 Å². The van der Waals surface area contributed by atoms with Gasteiger partial charge in [0.1, 0.15) is 5.88 Å². The van der Waals surface area contributed by atoms with Gasteiger partial charge >= 0.3 is 0 Å². The molecule has 0 spiro atoms. The Labute approximate surface area is 99.0 Å². The first-order chi connectivity index (χ1) is 7.61. The lowest BCUT2D eigenvalue weighted by Gasteiger charge is -2.06. The average molecular weight is 241 g/mol. The Kier molecular flexibility index (Phi) is 4.79. The molecule has 5 heteroatoms. The van der Waals surface area contributed by atoms with Crippen LogP contribution in [0.4, 0.5) is 5.69 Å². The van der Waals surface area contributed by atoms with Crippen molar-refractivity contribution in [1.29, 1.82) is 0 Å². The SMILES string of the molecule is Cc1cccc(NC(=O)CNC(=O)CCl)c1. The minimum atomic E-state index is -0.360. The number of halogens is 1. The van der Waals surface area contributed by atoms with Gasteiger partial charge in [-0.1, -0.05) is 12.1 Å². The molecule has 0 unspecified atom stereocenters. The molecule has 0 radical (unpaired) electrons. The number of anilines is 1. The summed E-state index contributed by atoms with van der Waals surface area (Å²) in [6.45, 7) is 1.87. The summed E-state index contributed by atoms with van der Waals surface area (Å²) in [4.78, 5) is 22.2. The maximum absolute atomic E-state index is 11.4. The molecule has 0 aliphatic heterocycles. The van der Waals surface area contributed by atoms with E-state index < -0.39 is 0 Å². The van der Waals surface area contributed by atoms with Crippen LogP contribution in [-0.4, -0.2) is 24.2 Å². The fourth-order valence-corrected chi connectivity index (χ4v) is 1.25.